The Kier molecular flexibility index (Phi) is 2.59. The van der Waals surface area contributed by atoms with Crippen molar-refractivity contribution in [3.63, 3.8) is 0 Å². The van der Waals surface area contributed by atoms with Crippen LogP contribution in [-0.2, 0) is 4.74 Å². The molecular formula is C12H20O6. The van der Waals surface area contributed by atoms with Crippen molar-refractivity contribution in [2.45, 2.75) is 61.8 Å². The molecule has 5 N–H and O–H groups in total. The molecule has 1 saturated heterocycles. The van der Waals surface area contributed by atoms with Crippen LogP contribution in [0.1, 0.15) is 32.1 Å². The van der Waals surface area contributed by atoms with Crippen LogP contribution < -0.4 is 0 Å². The molecule has 0 radical (unpaired) electrons. The van der Waals surface area contributed by atoms with Gasteiger partial charge in [-0.2, -0.15) is 0 Å². The summed E-state index contributed by atoms with van der Waals surface area (Å²) >= 11 is 0. The van der Waals surface area contributed by atoms with E-state index in [4.69, 9.17) is 9.84 Å². The number of ether oxygens (including phenoxy) is 1. The van der Waals surface area contributed by atoms with Crippen LogP contribution in [0.15, 0.2) is 0 Å². The van der Waals surface area contributed by atoms with Gasteiger partial charge in [-0.15, -0.1) is 0 Å². The Morgan fingerprint density at radius 1 is 1.17 bits per heavy atom. The molecule has 1 aliphatic heterocycles. The Balaban J connectivity index is 1.88. The zero-order valence-electron chi connectivity index (χ0n) is 10.1. The Morgan fingerprint density at radius 2 is 1.78 bits per heavy atom. The largest absolute Gasteiger partial charge is 0.394 e. The highest BCUT2D eigenvalue weighted by molar-refractivity contribution is 5.38. The summed E-state index contributed by atoms with van der Waals surface area (Å²) in [5, 5.41) is 49.6. The summed E-state index contributed by atoms with van der Waals surface area (Å²) in [6, 6.07) is 0. The van der Waals surface area contributed by atoms with Gasteiger partial charge in [-0.3, -0.25) is 0 Å². The lowest BCUT2D eigenvalue weighted by Gasteiger charge is -2.33. The molecule has 3 aliphatic rings. The molecule has 6 nitrogen and oxygen atoms in total. The average molecular weight is 260 g/mol. The van der Waals surface area contributed by atoms with Crippen LogP contribution in [0.3, 0.4) is 0 Å². The number of hydrogen-bond acceptors (Lipinski definition) is 6. The highest BCUT2D eigenvalue weighted by atomic mass is 16.7. The Bertz CT molecular complexity index is 354. The number of aliphatic hydroxyl groups is 5. The van der Waals surface area contributed by atoms with Gasteiger partial charge in [-0.1, -0.05) is 19.3 Å². The fourth-order valence-corrected chi connectivity index (χ4v) is 4.10. The summed E-state index contributed by atoms with van der Waals surface area (Å²) < 4.78 is 5.33. The van der Waals surface area contributed by atoms with Gasteiger partial charge in [-0.05, 0) is 12.8 Å². The van der Waals surface area contributed by atoms with Gasteiger partial charge in [0.05, 0.1) is 12.0 Å². The lowest BCUT2D eigenvalue weighted by Crippen LogP contribution is -2.48. The summed E-state index contributed by atoms with van der Waals surface area (Å²) in [5.74, 6) is -1.78. The summed E-state index contributed by atoms with van der Waals surface area (Å²) in [6.45, 7) is -0.582. The second-order valence-corrected chi connectivity index (χ2v) is 5.83. The summed E-state index contributed by atoms with van der Waals surface area (Å²) in [7, 11) is 0. The fourth-order valence-electron chi connectivity index (χ4n) is 4.10. The quantitative estimate of drug-likeness (QED) is 0.412. The minimum Gasteiger partial charge on any atom is -0.394 e. The van der Waals surface area contributed by atoms with Crippen LogP contribution in [-0.4, -0.2) is 61.8 Å². The molecule has 0 amide bonds. The molecule has 0 aromatic rings. The molecule has 104 valence electrons. The van der Waals surface area contributed by atoms with Gasteiger partial charge >= 0.3 is 0 Å². The average Bonchev–Trinajstić information content (AvgIpc) is 2.65. The van der Waals surface area contributed by atoms with E-state index in [1.807, 2.05) is 0 Å². The van der Waals surface area contributed by atoms with E-state index in [9.17, 15) is 20.4 Å². The molecule has 2 aliphatic carbocycles. The van der Waals surface area contributed by atoms with Crippen molar-refractivity contribution in [1.29, 1.82) is 0 Å². The van der Waals surface area contributed by atoms with Crippen molar-refractivity contribution in [1.82, 2.24) is 0 Å². The molecule has 0 bridgehead atoms. The van der Waals surface area contributed by atoms with Gasteiger partial charge in [0.15, 0.2) is 5.60 Å². The summed E-state index contributed by atoms with van der Waals surface area (Å²) in [4.78, 5) is 0. The van der Waals surface area contributed by atoms with E-state index in [0.29, 0.717) is 12.8 Å². The monoisotopic (exact) mass is 260 g/mol. The van der Waals surface area contributed by atoms with Crippen molar-refractivity contribution < 1.29 is 30.3 Å². The highest BCUT2D eigenvalue weighted by Gasteiger charge is 2.95. The Labute approximate surface area is 105 Å². The molecule has 0 aromatic carbocycles. The van der Waals surface area contributed by atoms with Crippen LogP contribution in [0.4, 0.5) is 0 Å². The van der Waals surface area contributed by atoms with Crippen molar-refractivity contribution in [2.24, 2.45) is 5.41 Å². The summed E-state index contributed by atoms with van der Waals surface area (Å²) in [6.07, 6.45) is 0.216. The van der Waals surface area contributed by atoms with Gasteiger partial charge in [0.1, 0.15) is 18.3 Å². The van der Waals surface area contributed by atoms with Crippen LogP contribution in [0.25, 0.3) is 0 Å². The summed E-state index contributed by atoms with van der Waals surface area (Å²) in [5.41, 5.74) is -2.51. The van der Waals surface area contributed by atoms with Crippen molar-refractivity contribution >= 4 is 0 Å². The topological polar surface area (TPSA) is 110 Å². The van der Waals surface area contributed by atoms with Gasteiger partial charge in [0.25, 0.3) is 0 Å². The lowest BCUT2D eigenvalue weighted by molar-refractivity contribution is -0.206. The third-order valence-electron chi connectivity index (χ3n) is 5.15. The zero-order chi connectivity index (χ0) is 13.2. The maximum atomic E-state index is 10.6. The molecule has 18 heavy (non-hydrogen) atoms. The van der Waals surface area contributed by atoms with Crippen molar-refractivity contribution in [3.05, 3.63) is 0 Å². The molecule has 0 aromatic heterocycles. The zero-order valence-corrected chi connectivity index (χ0v) is 10.1. The molecule has 2 saturated carbocycles. The van der Waals surface area contributed by atoms with E-state index in [0.717, 1.165) is 19.3 Å². The third kappa shape index (κ3) is 1.10. The molecule has 1 unspecified atom stereocenters. The van der Waals surface area contributed by atoms with Crippen molar-refractivity contribution in [3.8, 4) is 0 Å². The van der Waals surface area contributed by atoms with Gasteiger partial charge in [0, 0.05) is 0 Å². The predicted octanol–water partition coefficient (Wildman–Crippen LogP) is -1.52. The van der Waals surface area contributed by atoms with E-state index in [-0.39, 0.29) is 0 Å². The second kappa shape index (κ2) is 3.65. The van der Waals surface area contributed by atoms with Crippen molar-refractivity contribution in [2.75, 3.05) is 6.61 Å². The normalized spacial score (nSPS) is 51.2. The van der Waals surface area contributed by atoms with Gasteiger partial charge < -0.3 is 30.3 Å². The first-order valence-corrected chi connectivity index (χ1v) is 6.54. The number of rotatable bonds is 2. The minimum absolute atomic E-state index is 0.582. The first-order chi connectivity index (χ1) is 8.44. The molecule has 3 rings (SSSR count). The lowest BCUT2D eigenvalue weighted by atomic mass is 9.80. The fraction of sp³-hybridized carbons (Fsp3) is 1.00. The van der Waals surface area contributed by atoms with Gasteiger partial charge in [-0.25, -0.2) is 0 Å². The van der Waals surface area contributed by atoms with E-state index in [2.05, 4.69) is 0 Å². The second-order valence-electron chi connectivity index (χ2n) is 5.83. The SMILES string of the molecule is OC[C@@H](O)[C@H]1OC2(O)C3(CCCCC3)[C@@]2(O)[C@@H]1O. The van der Waals surface area contributed by atoms with Crippen LogP contribution in [0.5, 0.6) is 0 Å². The Morgan fingerprint density at radius 3 is 2.22 bits per heavy atom. The first-order valence-electron chi connectivity index (χ1n) is 6.54. The minimum atomic E-state index is -1.78. The first kappa shape index (κ1) is 12.8. The van der Waals surface area contributed by atoms with Crippen LogP contribution >= 0.6 is 0 Å². The van der Waals surface area contributed by atoms with Crippen LogP contribution in [0, 0.1) is 5.41 Å². The number of fused-ring (bicyclic) bond motifs is 3. The van der Waals surface area contributed by atoms with Crippen LogP contribution in [0.2, 0.25) is 0 Å². The standard InChI is InChI=1S/C12H20O6/c13-6-7(14)8-9(15)11(16)10(12(11,17)18-8)4-2-1-3-5-10/h7-9,13-17H,1-6H2/t7-,8-,9-,11+,12?/m1/s1. The van der Waals surface area contributed by atoms with E-state index < -0.39 is 41.7 Å². The van der Waals surface area contributed by atoms with Gasteiger partial charge in [0.2, 0.25) is 5.79 Å². The molecule has 1 spiro atoms. The molecule has 5 atom stereocenters. The van der Waals surface area contributed by atoms with E-state index in [1.165, 1.54) is 0 Å². The molecule has 3 fully saturated rings. The maximum Gasteiger partial charge on any atom is 0.207 e. The number of aliphatic hydroxyl groups excluding tert-OH is 3. The maximum absolute atomic E-state index is 10.6. The highest BCUT2D eigenvalue weighted by Crippen LogP contribution is 2.76. The Hall–Kier alpha value is -0.240. The smallest absolute Gasteiger partial charge is 0.207 e. The number of hydrogen-bond donors (Lipinski definition) is 5. The molecular weight excluding hydrogens is 240 g/mol. The van der Waals surface area contributed by atoms with E-state index >= 15 is 0 Å². The van der Waals surface area contributed by atoms with E-state index in [1.54, 1.807) is 0 Å². The molecule has 6 heteroatoms. The third-order valence-corrected chi connectivity index (χ3v) is 5.15. The predicted molar refractivity (Wildman–Crippen MR) is 59.4 cm³/mol. The molecule has 1 heterocycles.